The number of aliphatic hydroxyl groups is 1. The first-order valence-corrected chi connectivity index (χ1v) is 7.78. The topological polar surface area (TPSA) is 98.3 Å². The number of nitrogens with one attached hydrogen (secondary N) is 2. The zero-order chi connectivity index (χ0) is 14.0. The van der Waals surface area contributed by atoms with Gasteiger partial charge in [0.25, 0.3) is 0 Å². The van der Waals surface area contributed by atoms with Crippen LogP contribution in [0.5, 0.6) is 0 Å². The highest BCUT2D eigenvalue weighted by Crippen LogP contribution is 2.19. The van der Waals surface area contributed by atoms with Crippen LogP contribution in [0.25, 0.3) is 0 Å². The van der Waals surface area contributed by atoms with Crippen LogP contribution in [0.1, 0.15) is 24.2 Å². The Balaban J connectivity index is 2.16. The molecule has 0 saturated carbocycles. The first-order chi connectivity index (χ1) is 8.94. The Bertz CT molecular complexity index is 532. The molecule has 108 valence electrons. The number of aromatic nitrogens is 2. The van der Waals surface area contributed by atoms with Crippen LogP contribution < -0.4 is 4.72 Å². The van der Waals surface area contributed by atoms with Gasteiger partial charge in [-0.15, -0.1) is 0 Å². The lowest BCUT2D eigenvalue weighted by molar-refractivity contribution is 0.248. The highest BCUT2D eigenvalue weighted by atomic mass is 32.2. The number of piperidine rings is 1. The normalized spacial score (nSPS) is 18.9. The predicted molar refractivity (Wildman–Crippen MR) is 70.1 cm³/mol. The lowest BCUT2D eigenvalue weighted by atomic mass is 10.1. The second-order valence-electron chi connectivity index (χ2n) is 4.98. The number of hydrogen-bond donors (Lipinski definition) is 3. The molecule has 8 heteroatoms. The Labute approximate surface area is 113 Å². The number of aliphatic hydroxyl groups excluding tert-OH is 1. The molecule has 0 aliphatic carbocycles. The molecular weight excluding hydrogens is 268 g/mol. The van der Waals surface area contributed by atoms with Crippen LogP contribution in [-0.4, -0.2) is 54.8 Å². The minimum atomic E-state index is -3.63. The highest BCUT2D eigenvalue weighted by Gasteiger charge is 2.28. The van der Waals surface area contributed by atoms with E-state index >= 15 is 0 Å². The summed E-state index contributed by atoms with van der Waals surface area (Å²) in [6, 6.07) is -0.0537. The number of H-pyrrole nitrogens is 1. The van der Waals surface area contributed by atoms with Crippen LogP contribution in [-0.2, 0) is 16.6 Å². The summed E-state index contributed by atoms with van der Waals surface area (Å²) in [7, 11) is -1.61. The van der Waals surface area contributed by atoms with E-state index < -0.39 is 16.6 Å². The lowest BCUT2D eigenvalue weighted by Gasteiger charge is -2.29. The molecule has 1 saturated heterocycles. The monoisotopic (exact) mass is 288 g/mol. The summed E-state index contributed by atoms with van der Waals surface area (Å²) in [5, 5.41) is 15.6. The number of aryl methyl sites for hydroxylation is 1. The molecule has 1 aromatic rings. The molecule has 1 aliphatic heterocycles. The van der Waals surface area contributed by atoms with Crippen molar-refractivity contribution < 1.29 is 13.5 Å². The molecule has 0 radical (unpaired) electrons. The van der Waals surface area contributed by atoms with Gasteiger partial charge in [-0.1, -0.05) is 0 Å². The second-order valence-corrected chi connectivity index (χ2v) is 6.63. The van der Waals surface area contributed by atoms with Crippen LogP contribution >= 0.6 is 0 Å². The number of rotatable bonds is 4. The number of nitrogens with zero attached hydrogens (tertiary/aromatic N) is 2. The summed E-state index contributed by atoms with van der Waals surface area (Å²) in [6.45, 7) is 3.00. The molecule has 7 nitrogen and oxygen atoms in total. The number of likely N-dealkylation sites (tertiary alicyclic amines) is 1. The Morgan fingerprint density at radius 3 is 2.68 bits per heavy atom. The minimum absolute atomic E-state index is 0.0537. The Hall–Kier alpha value is -0.960. The van der Waals surface area contributed by atoms with E-state index in [0.717, 1.165) is 25.9 Å². The molecule has 2 rings (SSSR count). The average molecular weight is 288 g/mol. The maximum Gasteiger partial charge on any atom is 0.244 e. The fraction of sp³-hybridized carbons (Fsp3) is 0.727. The van der Waals surface area contributed by atoms with Crippen LogP contribution in [0.2, 0.25) is 0 Å². The van der Waals surface area contributed by atoms with Gasteiger partial charge in [0.15, 0.2) is 0 Å². The van der Waals surface area contributed by atoms with Gasteiger partial charge in [-0.25, -0.2) is 13.1 Å². The van der Waals surface area contributed by atoms with Crippen molar-refractivity contribution in [3.05, 3.63) is 11.4 Å². The van der Waals surface area contributed by atoms with Crippen LogP contribution in [0.15, 0.2) is 4.90 Å². The SMILES string of the molecule is Cc1[nH]nc(CO)c1S(=O)(=O)NC1CCN(C)CC1. The van der Waals surface area contributed by atoms with Gasteiger partial charge < -0.3 is 10.0 Å². The smallest absolute Gasteiger partial charge is 0.244 e. The van der Waals surface area contributed by atoms with Gasteiger partial charge in [-0.05, 0) is 39.9 Å². The van der Waals surface area contributed by atoms with E-state index in [0.29, 0.717) is 5.69 Å². The van der Waals surface area contributed by atoms with Crippen molar-refractivity contribution in [1.29, 1.82) is 0 Å². The van der Waals surface area contributed by atoms with Crippen molar-refractivity contribution in [3.63, 3.8) is 0 Å². The van der Waals surface area contributed by atoms with Gasteiger partial charge in [-0.3, -0.25) is 5.10 Å². The molecule has 0 aromatic carbocycles. The zero-order valence-electron chi connectivity index (χ0n) is 11.2. The molecule has 0 atom stereocenters. The third-order valence-electron chi connectivity index (χ3n) is 3.42. The molecule has 1 aliphatic rings. The average Bonchev–Trinajstić information content (AvgIpc) is 2.74. The number of sulfonamides is 1. The molecule has 0 bridgehead atoms. The van der Waals surface area contributed by atoms with E-state index in [1.807, 2.05) is 7.05 Å². The first kappa shape index (κ1) is 14.4. The molecule has 1 fully saturated rings. The number of aromatic amines is 1. The lowest BCUT2D eigenvalue weighted by Crippen LogP contribution is -2.43. The summed E-state index contributed by atoms with van der Waals surface area (Å²) in [6.07, 6.45) is 1.59. The van der Waals surface area contributed by atoms with E-state index in [4.69, 9.17) is 5.11 Å². The minimum Gasteiger partial charge on any atom is -0.390 e. The van der Waals surface area contributed by atoms with E-state index in [-0.39, 0.29) is 16.6 Å². The molecule has 0 unspecified atom stereocenters. The molecule has 19 heavy (non-hydrogen) atoms. The summed E-state index contributed by atoms with van der Waals surface area (Å²) in [5.74, 6) is 0. The Kier molecular flexibility index (Phi) is 4.24. The molecular formula is C11H20N4O3S. The van der Waals surface area contributed by atoms with Crippen LogP contribution in [0.4, 0.5) is 0 Å². The summed E-state index contributed by atoms with van der Waals surface area (Å²) < 4.78 is 27.4. The van der Waals surface area contributed by atoms with Crippen LogP contribution in [0, 0.1) is 6.92 Å². The van der Waals surface area contributed by atoms with E-state index in [1.165, 1.54) is 0 Å². The fourth-order valence-corrected chi connectivity index (χ4v) is 4.00. The van der Waals surface area contributed by atoms with Crippen molar-refractivity contribution >= 4 is 10.0 Å². The summed E-state index contributed by atoms with van der Waals surface area (Å²) in [4.78, 5) is 2.25. The van der Waals surface area contributed by atoms with Crippen molar-refractivity contribution in [2.45, 2.75) is 37.3 Å². The predicted octanol–water partition coefficient (Wildman–Crippen LogP) is -0.417. The van der Waals surface area contributed by atoms with Gasteiger partial charge >= 0.3 is 0 Å². The van der Waals surface area contributed by atoms with Gasteiger partial charge in [0, 0.05) is 6.04 Å². The summed E-state index contributed by atoms with van der Waals surface area (Å²) >= 11 is 0. The quantitative estimate of drug-likeness (QED) is 0.699. The maximum absolute atomic E-state index is 12.3. The highest BCUT2D eigenvalue weighted by molar-refractivity contribution is 7.89. The second kappa shape index (κ2) is 5.58. The van der Waals surface area contributed by atoms with Gasteiger partial charge in [0.1, 0.15) is 10.6 Å². The summed E-state index contributed by atoms with van der Waals surface area (Å²) in [5.41, 5.74) is 0.613. The van der Waals surface area contributed by atoms with E-state index in [1.54, 1.807) is 6.92 Å². The van der Waals surface area contributed by atoms with Gasteiger partial charge in [0.2, 0.25) is 10.0 Å². The first-order valence-electron chi connectivity index (χ1n) is 6.29. The maximum atomic E-state index is 12.3. The van der Waals surface area contributed by atoms with Crippen LogP contribution in [0.3, 0.4) is 0 Å². The molecule has 1 aromatic heterocycles. The molecule has 3 N–H and O–H groups in total. The van der Waals surface area contributed by atoms with E-state index in [9.17, 15) is 8.42 Å². The van der Waals surface area contributed by atoms with Gasteiger partial charge in [0.05, 0.1) is 12.3 Å². The third kappa shape index (κ3) is 3.14. The number of hydrogen-bond acceptors (Lipinski definition) is 5. The standard InChI is InChI=1S/C11H20N4O3S/c1-8-11(10(7-16)13-12-8)19(17,18)14-9-3-5-15(2)6-4-9/h9,14,16H,3-7H2,1-2H3,(H,12,13). The van der Waals surface area contributed by atoms with Gasteiger partial charge in [-0.2, -0.15) is 5.10 Å². The largest absolute Gasteiger partial charge is 0.390 e. The molecule has 2 heterocycles. The van der Waals surface area contributed by atoms with E-state index in [2.05, 4.69) is 19.8 Å². The van der Waals surface area contributed by atoms with Crippen molar-refractivity contribution in [1.82, 2.24) is 19.8 Å². The Morgan fingerprint density at radius 1 is 1.47 bits per heavy atom. The van der Waals surface area contributed by atoms with Crippen molar-refractivity contribution in [3.8, 4) is 0 Å². The molecule has 0 spiro atoms. The zero-order valence-corrected chi connectivity index (χ0v) is 12.0. The Morgan fingerprint density at radius 2 is 2.11 bits per heavy atom. The fourth-order valence-electron chi connectivity index (χ4n) is 2.34. The third-order valence-corrected chi connectivity index (χ3v) is 5.14. The molecule has 0 amide bonds. The van der Waals surface area contributed by atoms with Crippen molar-refractivity contribution in [2.24, 2.45) is 0 Å². The van der Waals surface area contributed by atoms with Crippen molar-refractivity contribution in [2.75, 3.05) is 20.1 Å².